The van der Waals surface area contributed by atoms with Gasteiger partial charge in [0.1, 0.15) is 11.9 Å². The number of hydrogen-bond acceptors (Lipinski definition) is 6. The molecule has 0 spiro atoms. The molecule has 2 heterocycles. The number of nitrogens with one attached hydrogen (secondary N) is 1. The second kappa shape index (κ2) is 8.46. The van der Waals surface area contributed by atoms with E-state index >= 15 is 0 Å². The summed E-state index contributed by atoms with van der Waals surface area (Å²) in [5.41, 5.74) is 1.99. The summed E-state index contributed by atoms with van der Waals surface area (Å²) in [6.07, 6.45) is 11.3. The number of nitrogens with zero attached hydrogens (tertiary/aromatic N) is 5. The molecule has 0 aliphatic heterocycles. The van der Waals surface area contributed by atoms with Crippen LogP contribution in [0.3, 0.4) is 0 Å². The van der Waals surface area contributed by atoms with Crippen molar-refractivity contribution in [3.8, 4) is 5.75 Å². The maximum atomic E-state index is 13.1. The molecule has 0 atom stereocenters. The average Bonchev–Trinajstić information content (AvgIpc) is 3.45. The summed E-state index contributed by atoms with van der Waals surface area (Å²) in [5.74, 6) is 2.13. The van der Waals surface area contributed by atoms with E-state index in [4.69, 9.17) is 4.74 Å². The van der Waals surface area contributed by atoms with Crippen molar-refractivity contribution in [1.29, 1.82) is 0 Å². The Kier molecular flexibility index (Phi) is 5.35. The van der Waals surface area contributed by atoms with Crippen molar-refractivity contribution in [2.75, 3.05) is 5.32 Å². The van der Waals surface area contributed by atoms with Crippen molar-refractivity contribution in [2.24, 2.45) is 17.8 Å². The SMILES string of the molecule is Cc1ccc(OCn2cc(NC(=O)c3nn(C45CC6CC(CC(C6)C4)C5)cc3[N+](=O)[O-])cn2)c(C)c1. The lowest BCUT2D eigenvalue weighted by atomic mass is 9.53. The van der Waals surface area contributed by atoms with Gasteiger partial charge in [0.05, 0.1) is 28.5 Å². The van der Waals surface area contributed by atoms with Gasteiger partial charge in [-0.05, 0) is 81.8 Å². The smallest absolute Gasteiger partial charge is 0.320 e. The van der Waals surface area contributed by atoms with Gasteiger partial charge >= 0.3 is 5.69 Å². The molecule has 0 unspecified atom stereocenters. The molecule has 10 heteroatoms. The van der Waals surface area contributed by atoms with Crippen LogP contribution in [-0.4, -0.2) is 30.4 Å². The molecule has 188 valence electrons. The Morgan fingerprint density at radius 2 is 1.86 bits per heavy atom. The minimum atomic E-state index is -0.611. The van der Waals surface area contributed by atoms with Gasteiger partial charge in [0.25, 0.3) is 5.91 Å². The molecule has 4 saturated carbocycles. The second-order valence-corrected chi connectivity index (χ2v) is 11.0. The van der Waals surface area contributed by atoms with Crippen LogP contribution in [0.5, 0.6) is 5.75 Å². The van der Waals surface area contributed by atoms with E-state index in [9.17, 15) is 14.9 Å². The first-order chi connectivity index (χ1) is 17.3. The third-order valence-electron chi connectivity index (χ3n) is 8.17. The summed E-state index contributed by atoms with van der Waals surface area (Å²) in [6.45, 7) is 4.17. The standard InChI is InChI=1S/C26H30N6O4/c1-16-3-4-23(17(2)5-16)36-15-30-13-21(12-27-30)28-25(33)24-22(32(34)35)14-31(29-24)26-9-18-6-19(10-26)8-20(7-18)11-26/h3-5,12-14,18-20H,6-11,15H2,1-2H3,(H,28,33). The van der Waals surface area contributed by atoms with E-state index in [1.807, 2.05) is 32.0 Å². The molecule has 1 N–H and O–H groups in total. The number of rotatable bonds is 7. The van der Waals surface area contributed by atoms with Crippen molar-refractivity contribution in [3.05, 3.63) is 63.7 Å². The zero-order valence-electron chi connectivity index (χ0n) is 20.5. The van der Waals surface area contributed by atoms with Crippen LogP contribution in [0, 0.1) is 41.7 Å². The summed E-state index contributed by atoms with van der Waals surface area (Å²) in [7, 11) is 0. The normalized spacial score (nSPS) is 26.2. The first-order valence-electron chi connectivity index (χ1n) is 12.6. The number of aromatic nitrogens is 4. The molecule has 0 radical (unpaired) electrons. The predicted octanol–water partition coefficient (Wildman–Crippen LogP) is 4.82. The Morgan fingerprint density at radius 3 is 2.50 bits per heavy atom. The zero-order valence-corrected chi connectivity index (χ0v) is 20.5. The van der Waals surface area contributed by atoms with Gasteiger partial charge in [-0.1, -0.05) is 17.7 Å². The number of ether oxygens (including phenoxy) is 1. The van der Waals surface area contributed by atoms with Crippen molar-refractivity contribution >= 4 is 17.3 Å². The lowest BCUT2D eigenvalue weighted by Crippen LogP contribution is -2.52. The third kappa shape index (κ3) is 4.04. The van der Waals surface area contributed by atoms with E-state index in [2.05, 4.69) is 15.5 Å². The Bertz CT molecular complexity index is 1310. The molecule has 36 heavy (non-hydrogen) atoms. The van der Waals surface area contributed by atoms with Gasteiger partial charge < -0.3 is 10.1 Å². The van der Waals surface area contributed by atoms with Crippen LogP contribution < -0.4 is 10.1 Å². The fourth-order valence-electron chi connectivity index (χ4n) is 7.03. The van der Waals surface area contributed by atoms with Crippen LogP contribution in [0.4, 0.5) is 11.4 Å². The molecule has 4 aliphatic rings. The molecule has 4 fully saturated rings. The largest absolute Gasteiger partial charge is 0.471 e. The first kappa shape index (κ1) is 22.8. The minimum absolute atomic E-state index is 0.157. The van der Waals surface area contributed by atoms with Crippen molar-refractivity contribution in [1.82, 2.24) is 19.6 Å². The van der Waals surface area contributed by atoms with Gasteiger partial charge in [-0.15, -0.1) is 0 Å². The van der Waals surface area contributed by atoms with E-state index < -0.39 is 10.8 Å². The van der Waals surface area contributed by atoms with Crippen LogP contribution in [0.15, 0.2) is 36.8 Å². The fraction of sp³-hybridized carbons (Fsp3) is 0.500. The average molecular weight is 491 g/mol. The lowest BCUT2D eigenvalue weighted by molar-refractivity contribution is -0.385. The van der Waals surface area contributed by atoms with Crippen molar-refractivity contribution < 1.29 is 14.5 Å². The first-order valence-corrected chi connectivity index (χ1v) is 12.6. The lowest BCUT2D eigenvalue weighted by Gasteiger charge is -2.56. The summed E-state index contributed by atoms with van der Waals surface area (Å²) >= 11 is 0. The van der Waals surface area contributed by atoms with E-state index in [-0.39, 0.29) is 23.7 Å². The number of nitro groups is 1. The van der Waals surface area contributed by atoms with Gasteiger partial charge in [-0.3, -0.25) is 19.6 Å². The molecule has 2 aromatic heterocycles. The molecule has 3 aromatic rings. The topological polar surface area (TPSA) is 117 Å². The van der Waals surface area contributed by atoms with E-state index in [1.54, 1.807) is 15.6 Å². The number of amides is 1. The molecule has 1 aromatic carbocycles. The highest BCUT2D eigenvalue weighted by molar-refractivity contribution is 6.05. The molecule has 0 saturated heterocycles. The molecule has 1 amide bonds. The summed E-state index contributed by atoms with van der Waals surface area (Å²) in [6, 6.07) is 5.93. The zero-order chi connectivity index (χ0) is 25.0. The maximum absolute atomic E-state index is 13.1. The van der Waals surface area contributed by atoms with Crippen molar-refractivity contribution in [3.63, 3.8) is 0 Å². The second-order valence-electron chi connectivity index (χ2n) is 11.0. The van der Waals surface area contributed by atoms with Gasteiger partial charge in [0.15, 0.2) is 6.73 Å². The number of carbonyl (C=O) groups is 1. The minimum Gasteiger partial charge on any atom is -0.471 e. The Labute approximate surface area is 208 Å². The molecule has 4 bridgehead atoms. The number of anilines is 1. The van der Waals surface area contributed by atoms with Crippen LogP contribution in [0.1, 0.15) is 60.1 Å². The molecule has 7 rings (SSSR count). The quantitative estimate of drug-likeness (QED) is 0.375. The highest BCUT2D eigenvalue weighted by Gasteiger charge is 2.53. The summed E-state index contributed by atoms with van der Waals surface area (Å²) < 4.78 is 9.14. The van der Waals surface area contributed by atoms with Crippen LogP contribution in [-0.2, 0) is 12.3 Å². The third-order valence-corrected chi connectivity index (χ3v) is 8.17. The van der Waals surface area contributed by atoms with Crippen molar-refractivity contribution in [2.45, 2.75) is 64.6 Å². The number of hydrogen-bond donors (Lipinski definition) is 1. The van der Waals surface area contributed by atoms with E-state index in [0.29, 0.717) is 23.4 Å². The highest BCUT2D eigenvalue weighted by Crippen LogP contribution is 2.58. The number of benzene rings is 1. The van der Waals surface area contributed by atoms with Gasteiger partial charge in [0, 0.05) is 0 Å². The molecule has 4 aliphatic carbocycles. The maximum Gasteiger partial charge on any atom is 0.320 e. The summed E-state index contributed by atoms with van der Waals surface area (Å²) in [5, 5.41) is 23.3. The van der Waals surface area contributed by atoms with E-state index in [1.165, 1.54) is 31.7 Å². The van der Waals surface area contributed by atoms with E-state index in [0.717, 1.165) is 36.1 Å². The number of carbonyl (C=O) groups excluding carboxylic acids is 1. The van der Waals surface area contributed by atoms with Crippen LogP contribution in [0.25, 0.3) is 0 Å². The van der Waals surface area contributed by atoms with Gasteiger partial charge in [-0.25, -0.2) is 4.68 Å². The molecular weight excluding hydrogens is 460 g/mol. The van der Waals surface area contributed by atoms with Crippen LogP contribution in [0.2, 0.25) is 0 Å². The van der Waals surface area contributed by atoms with Crippen LogP contribution >= 0.6 is 0 Å². The fourth-order valence-corrected chi connectivity index (χ4v) is 7.03. The molecular formula is C26H30N6O4. The van der Waals surface area contributed by atoms with Gasteiger partial charge in [0.2, 0.25) is 5.69 Å². The number of aryl methyl sites for hydroxylation is 2. The van der Waals surface area contributed by atoms with Gasteiger partial charge in [-0.2, -0.15) is 10.2 Å². The molecule has 10 nitrogen and oxygen atoms in total. The Balaban J connectivity index is 1.18. The monoisotopic (exact) mass is 490 g/mol. The summed E-state index contributed by atoms with van der Waals surface area (Å²) in [4.78, 5) is 24.4. The highest BCUT2D eigenvalue weighted by atomic mass is 16.6. The Hall–Kier alpha value is -3.69. The predicted molar refractivity (Wildman–Crippen MR) is 132 cm³/mol. The Morgan fingerprint density at radius 1 is 1.17 bits per heavy atom.